The molecule has 0 nitrogen and oxygen atoms in total. The van der Waals surface area contributed by atoms with E-state index in [1.54, 1.807) is 0 Å². The van der Waals surface area contributed by atoms with Crippen LogP contribution < -0.4 is 0 Å². The van der Waals surface area contributed by atoms with E-state index < -0.39 is 0 Å². The first-order valence-electron chi connectivity index (χ1n) is 0. The van der Waals surface area contributed by atoms with Crippen molar-refractivity contribution in [2.24, 2.45) is 0 Å². The van der Waals surface area contributed by atoms with Gasteiger partial charge in [-0.2, -0.15) is 0 Å². The van der Waals surface area contributed by atoms with Gasteiger partial charge in [-0.3, -0.25) is 0 Å². The summed E-state index contributed by atoms with van der Waals surface area (Å²) in [6.45, 7) is 0. The second kappa shape index (κ2) is 17.3. The van der Waals surface area contributed by atoms with Crippen LogP contribution in [-0.4, -0.2) is 63.2 Å². The molecule has 0 fully saturated rings. The van der Waals surface area contributed by atoms with Crippen molar-refractivity contribution in [1.29, 1.82) is 0 Å². The molecule has 10 radical (unpaired) electrons. The van der Waals surface area contributed by atoms with Crippen LogP contribution in [0.25, 0.3) is 0 Å². The number of hydrogen-bond donors (Lipinski definition) is 0. The van der Waals surface area contributed by atoms with Gasteiger partial charge in [0.25, 0.3) is 0 Å². The Balaban J connectivity index is 0. The molecular formula is GaGeInZn. The first kappa shape index (κ1) is 30.1. The SMILES string of the molecule is [Ga].[Ge].[In].[Zn]. The van der Waals surface area contributed by atoms with Gasteiger partial charge in [0.1, 0.15) is 0 Å². The second-order valence-corrected chi connectivity index (χ2v) is 0. The van der Waals surface area contributed by atoms with Crippen molar-refractivity contribution in [3.63, 3.8) is 0 Å². The van der Waals surface area contributed by atoms with Gasteiger partial charge in [-0.25, -0.2) is 0 Å². The van der Waals surface area contributed by atoms with E-state index in [-0.39, 0.29) is 82.7 Å². The first-order chi connectivity index (χ1) is 0. The molecule has 0 spiro atoms. The van der Waals surface area contributed by atoms with Crippen molar-refractivity contribution >= 4 is 63.2 Å². The fraction of sp³-hybridized carbons (Fsp3) is 0. The van der Waals surface area contributed by atoms with Crippen molar-refractivity contribution in [2.75, 3.05) is 0 Å². The normalized spacial score (nSPS) is 0. The molecule has 0 bridgehead atoms. The van der Waals surface area contributed by atoms with Gasteiger partial charge < -0.3 is 0 Å². The van der Waals surface area contributed by atoms with E-state index in [1.165, 1.54) is 0 Å². The molecule has 0 rings (SSSR count). The molecule has 0 saturated carbocycles. The molecule has 0 aromatic rings. The van der Waals surface area contributed by atoms with Crippen LogP contribution in [0.4, 0.5) is 0 Å². The predicted octanol–water partition coefficient (Wildman–Crippen LogP) is -1.14. The van der Waals surface area contributed by atoms with Crippen molar-refractivity contribution in [1.82, 2.24) is 0 Å². The molecule has 0 aromatic heterocycles. The second-order valence-electron chi connectivity index (χ2n) is 0. The minimum atomic E-state index is 0. The van der Waals surface area contributed by atoms with E-state index in [9.17, 15) is 0 Å². The van der Waals surface area contributed by atoms with Gasteiger partial charge in [-0.15, -0.1) is 0 Å². The Bertz CT molecular complexity index is 8.00. The zero-order valence-corrected chi connectivity index (χ0v) is 13.1. The van der Waals surface area contributed by atoms with Crippen molar-refractivity contribution < 1.29 is 19.5 Å². The minimum absolute atomic E-state index is 0. The van der Waals surface area contributed by atoms with E-state index in [4.69, 9.17) is 0 Å². The van der Waals surface area contributed by atoms with Gasteiger partial charge in [-0.1, -0.05) is 0 Å². The molecule has 0 unspecified atom stereocenters. The quantitative estimate of drug-likeness (QED) is 0.495. The summed E-state index contributed by atoms with van der Waals surface area (Å²) in [6.07, 6.45) is 0. The maximum absolute atomic E-state index is 0. The molecule has 0 saturated heterocycles. The fourth-order valence-electron chi connectivity index (χ4n) is 0. The van der Waals surface area contributed by atoms with Crippen LogP contribution >= 0.6 is 0 Å². The van der Waals surface area contributed by atoms with E-state index >= 15 is 0 Å². The smallest absolute Gasteiger partial charge is 0 e. The van der Waals surface area contributed by atoms with Gasteiger partial charge in [0.05, 0.1) is 0 Å². The van der Waals surface area contributed by atoms with Crippen LogP contribution in [0, 0.1) is 0 Å². The average molecular weight is 323 g/mol. The standard InChI is InChI=1S/Ga.Ge.In.Zn. The fourth-order valence-corrected chi connectivity index (χ4v) is 0. The van der Waals surface area contributed by atoms with Crippen LogP contribution in [0.1, 0.15) is 0 Å². The van der Waals surface area contributed by atoms with Crippen LogP contribution in [0.15, 0.2) is 0 Å². The van der Waals surface area contributed by atoms with E-state index in [0.717, 1.165) is 0 Å². The largest absolute Gasteiger partial charge is 0 e. The monoisotopic (exact) mass is 322 g/mol. The molecule has 0 aliphatic carbocycles. The van der Waals surface area contributed by atoms with E-state index in [0.29, 0.717) is 0 Å². The minimum Gasteiger partial charge on any atom is 0 e. The third kappa shape index (κ3) is 8.82. The van der Waals surface area contributed by atoms with Gasteiger partial charge in [0.15, 0.2) is 0 Å². The Morgan fingerprint density at radius 3 is 1.00 bits per heavy atom. The maximum atomic E-state index is 0. The summed E-state index contributed by atoms with van der Waals surface area (Å²) in [6, 6.07) is 0. The predicted molar refractivity (Wildman–Crippen MR) is 17.3 cm³/mol. The molecule has 0 aliphatic rings. The molecular weight excluding hydrogens is 323 g/mol. The van der Waals surface area contributed by atoms with E-state index in [2.05, 4.69) is 0 Å². The van der Waals surface area contributed by atoms with Crippen LogP contribution in [0.3, 0.4) is 0 Å². The Labute approximate surface area is 81.4 Å². The molecule has 0 heterocycles. The summed E-state index contributed by atoms with van der Waals surface area (Å²) < 4.78 is 0. The first-order valence-corrected chi connectivity index (χ1v) is 0. The maximum Gasteiger partial charge on any atom is 0 e. The topological polar surface area (TPSA) is 0 Å². The van der Waals surface area contributed by atoms with Crippen molar-refractivity contribution in [3.8, 4) is 0 Å². The van der Waals surface area contributed by atoms with Crippen LogP contribution in [0.2, 0.25) is 0 Å². The number of hydrogen-bond acceptors (Lipinski definition) is 0. The average Bonchev–Trinajstić information content (AvgIpc) is 0. The van der Waals surface area contributed by atoms with Gasteiger partial charge in [0.2, 0.25) is 0 Å². The molecule has 4 heteroatoms. The third-order valence-electron chi connectivity index (χ3n) is 0. The van der Waals surface area contributed by atoms with Crippen LogP contribution in [-0.2, 0) is 19.5 Å². The third-order valence-corrected chi connectivity index (χ3v) is 0. The van der Waals surface area contributed by atoms with Crippen molar-refractivity contribution in [2.45, 2.75) is 0 Å². The Kier molecular flexibility index (Phi) is 130. The van der Waals surface area contributed by atoms with E-state index in [1.807, 2.05) is 0 Å². The van der Waals surface area contributed by atoms with Crippen molar-refractivity contribution in [3.05, 3.63) is 0 Å². The molecule has 0 aromatic carbocycles. The summed E-state index contributed by atoms with van der Waals surface area (Å²) in [5, 5.41) is 0. The number of rotatable bonds is 0. The molecule has 0 amide bonds. The molecule has 12 valence electrons. The molecule has 0 atom stereocenters. The van der Waals surface area contributed by atoms with Crippen LogP contribution in [0.5, 0.6) is 0 Å². The van der Waals surface area contributed by atoms with Gasteiger partial charge in [0, 0.05) is 82.7 Å². The molecule has 4 heavy (non-hydrogen) atoms. The summed E-state index contributed by atoms with van der Waals surface area (Å²) >= 11 is 0. The van der Waals surface area contributed by atoms with Gasteiger partial charge >= 0.3 is 0 Å². The molecule has 0 N–H and O–H groups in total. The Hall–Kier alpha value is 2.67. The summed E-state index contributed by atoms with van der Waals surface area (Å²) in [7, 11) is 0. The Morgan fingerprint density at radius 1 is 1.00 bits per heavy atom. The van der Waals surface area contributed by atoms with Gasteiger partial charge in [-0.05, 0) is 0 Å². The summed E-state index contributed by atoms with van der Waals surface area (Å²) in [5.74, 6) is 0. The zero-order chi connectivity index (χ0) is 0. The summed E-state index contributed by atoms with van der Waals surface area (Å²) in [5.41, 5.74) is 0. The Morgan fingerprint density at radius 2 is 1.00 bits per heavy atom. The zero-order valence-electron chi connectivity index (χ0n) is 2.36. The molecule has 0 aliphatic heterocycles. The summed E-state index contributed by atoms with van der Waals surface area (Å²) in [4.78, 5) is 0.